The Morgan fingerprint density at radius 1 is 1.58 bits per heavy atom. The molecule has 1 aliphatic heterocycles. The van der Waals surface area contributed by atoms with Crippen molar-refractivity contribution in [1.82, 2.24) is 20.2 Å². The molecule has 2 unspecified atom stereocenters. The fraction of sp³-hybridized carbons (Fsp3) is 0.800. The summed E-state index contributed by atoms with van der Waals surface area (Å²) in [6.45, 7) is 2.18. The highest BCUT2D eigenvalue weighted by Crippen LogP contribution is 2.27. The van der Waals surface area contributed by atoms with E-state index in [9.17, 15) is 13.2 Å². The van der Waals surface area contributed by atoms with Crippen molar-refractivity contribution in [3.63, 3.8) is 0 Å². The lowest BCUT2D eigenvalue weighted by atomic mass is 10.1. The predicted molar refractivity (Wildman–Crippen MR) is 65.2 cm³/mol. The Balaban J connectivity index is 2.08. The molecule has 1 N–H and O–H groups in total. The van der Waals surface area contributed by atoms with Crippen LogP contribution in [0.2, 0.25) is 0 Å². The number of rotatable bonds is 5. The summed E-state index contributed by atoms with van der Waals surface area (Å²) < 4.78 is 24.4. The lowest BCUT2D eigenvalue weighted by Gasteiger charge is -2.12. The molecule has 9 heteroatoms. The number of carboxylic acid groups (broad SMARTS) is 1. The molecular weight excluding hydrogens is 272 g/mol. The van der Waals surface area contributed by atoms with Gasteiger partial charge >= 0.3 is 5.97 Å². The van der Waals surface area contributed by atoms with E-state index in [1.807, 2.05) is 0 Å². The second-order valence-corrected chi connectivity index (χ2v) is 7.25. The van der Waals surface area contributed by atoms with Crippen LogP contribution in [0.4, 0.5) is 0 Å². The maximum absolute atomic E-state index is 11.5. The average Bonchev–Trinajstić information content (AvgIpc) is 2.83. The summed E-state index contributed by atoms with van der Waals surface area (Å²) >= 11 is 0. The van der Waals surface area contributed by atoms with Gasteiger partial charge in [0.25, 0.3) is 0 Å². The Bertz CT molecular complexity index is 568. The Morgan fingerprint density at radius 2 is 2.32 bits per heavy atom. The minimum Gasteiger partial charge on any atom is -0.481 e. The van der Waals surface area contributed by atoms with Gasteiger partial charge in [0.05, 0.1) is 11.5 Å². The molecule has 1 aromatic heterocycles. The van der Waals surface area contributed by atoms with E-state index in [2.05, 4.69) is 15.5 Å². The van der Waals surface area contributed by atoms with Crippen molar-refractivity contribution in [2.24, 2.45) is 5.92 Å². The molecule has 0 radical (unpaired) electrons. The van der Waals surface area contributed by atoms with Gasteiger partial charge < -0.3 is 5.11 Å². The molecule has 0 aromatic carbocycles. The number of aromatic nitrogens is 4. The molecule has 106 valence electrons. The van der Waals surface area contributed by atoms with E-state index in [0.29, 0.717) is 18.8 Å². The molecule has 0 amide bonds. The first-order chi connectivity index (χ1) is 8.87. The van der Waals surface area contributed by atoms with E-state index in [1.54, 1.807) is 6.92 Å². The highest BCUT2D eigenvalue weighted by atomic mass is 32.2. The van der Waals surface area contributed by atoms with Crippen LogP contribution < -0.4 is 0 Å². The second kappa shape index (κ2) is 5.24. The summed E-state index contributed by atoms with van der Waals surface area (Å²) in [4.78, 5) is 10.6. The molecule has 1 aromatic rings. The largest absolute Gasteiger partial charge is 0.481 e. The third-order valence-electron chi connectivity index (χ3n) is 3.16. The van der Waals surface area contributed by atoms with Crippen LogP contribution >= 0.6 is 0 Å². The molecule has 0 spiro atoms. The Morgan fingerprint density at radius 3 is 2.89 bits per heavy atom. The van der Waals surface area contributed by atoms with E-state index < -0.39 is 15.8 Å². The highest BCUT2D eigenvalue weighted by molar-refractivity contribution is 7.91. The minimum atomic E-state index is -2.99. The van der Waals surface area contributed by atoms with Gasteiger partial charge in [-0.1, -0.05) is 6.92 Å². The number of carboxylic acids is 1. The van der Waals surface area contributed by atoms with Gasteiger partial charge in [-0.05, 0) is 22.8 Å². The Labute approximate surface area is 110 Å². The molecule has 8 nitrogen and oxygen atoms in total. The van der Waals surface area contributed by atoms with Gasteiger partial charge in [0.15, 0.2) is 15.7 Å². The molecule has 0 aliphatic carbocycles. The predicted octanol–water partition coefficient (Wildman–Crippen LogP) is -0.314. The standard InChI is InChI=1S/C10H16N4O4S/c1-7(4-9(15)16)5-14-10(11-12-13-14)8-2-3-19(17,18)6-8/h7-8H,2-6H2,1H3,(H,15,16). The molecule has 0 saturated carbocycles. The van der Waals surface area contributed by atoms with Gasteiger partial charge in [0, 0.05) is 18.9 Å². The van der Waals surface area contributed by atoms with E-state index >= 15 is 0 Å². The molecule has 2 heterocycles. The van der Waals surface area contributed by atoms with Crippen molar-refractivity contribution < 1.29 is 18.3 Å². The van der Waals surface area contributed by atoms with Crippen LogP contribution in [-0.2, 0) is 21.2 Å². The molecule has 19 heavy (non-hydrogen) atoms. The fourth-order valence-corrected chi connectivity index (χ4v) is 4.03. The minimum absolute atomic E-state index is 0.0300. The van der Waals surface area contributed by atoms with Gasteiger partial charge in [0.2, 0.25) is 0 Å². The van der Waals surface area contributed by atoms with Crippen molar-refractivity contribution in [3.8, 4) is 0 Å². The maximum atomic E-state index is 11.5. The van der Waals surface area contributed by atoms with Crippen LogP contribution in [0, 0.1) is 5.92 Å². The third-order valence-corrected chi connectivity index (χ3v) is 4.93. The Kier molecular flexibility index (Phi) is 3.83. The van der Waals surface area contributed by atoms with Crippen molar-refractivity contribution in [2.45, 2.75) is 32.2 Å². The van der Waals surface area contributed by atoms with Gasteiger partial charge in [-0.2, -0.15) is 0 Å². The van der Waals surface area contributed by atoms with Crippen molar-refractivity contribution in [1.29, 1.82) is 0 Å². The number of hydrogen-bond donors (Lipinski definition) is 1. The summed E-state index contributed by atoms with van der Waals surface area (Å²) in [7, 11) is -2.99. The number of hydrogen-bond acceptors (Lipinski definition) is 6. The number of sulfone groups is 1. The van der Waals surface area contributed by atoms with E-state index in [1.165, 1.54) is 4.68 Å². The van der Waals surface area contributed by atoms with E-state index in [0.717, 1.165) is 0 Å². The molecule has 1 aliphatic rings. The SMILES string of the molecule is CC(CC(=O)O)Cn1nnnc1C1CCS(=O)(=O)C1. The fourth-order valence-electron chi connectivity index (χ4n) is 2.29. The number of tetrazole rings is 1. The lowest BCUT2D eigenvalue weighted by Crippen LogP contribution is -2.17. The number of aliphatic carboxylic acids is 1. The Hall–Kier alpha value is -1.51. The van der Waals surface area contributed by atoms with Crippen LogP contribution in [0.15, 0.2) is 0 Å². The van der Waals surface area contributed by atoms with Crippen molar-refractivity contribution in [2.75, 3.05) is 11.5 Å². The third kappa shape index (κ3) is 3.49. The van der Waals surface area contributed by atoms with Crippen LogP contribution in [0.1, 0.15) is 31.5 Å². The van der Waals surface area contributed by atoms with Gasteiger partial charge in [-0.15, -0.1) is 5.10 Å². The summed E-state index contributed by atoms with van der Waals surface area (Å²) in [5, 5.41) is 20.0. The van der Waals surface area contributed by atoms with Gasteiger partial charge in [-0.3, -0.25) is 4.79 Å². The van der Waals surface area contributed by atoms with Crippen LogP contribution in [-0.4, -0.2) is 51.2 Å². The van der Waals surface area contributed by atoms with Crippen molar-refractivity contribution in [3.05, 3.63) is 5.82 Å². The van der Waals surface area contributed by atoms with E-state index in [4.69, 9.17) is 5.11 Å². The van der Waals surface area contributed by atoms with Crippen LogP contribution in [0.25, 0.3) is 0 Å². The summed E-state index contributed by atoms with van der Waals surface area (Å²) in [6, 6.07) is 0. The first-order valence-corrected chi connectivity index (χ1v) is 7.88. The zero-order valence-corrected chi connectivity index (χ0v) is 11.4. The number of carbonyl (C=O) groups is 1. The second-order valence-electron chi connectivity index (χ2n) is 5.02. The first-order valence-electron chi connectivity index (χ1n) is 6.05. The average molecular weight is 288 g/mol. The summed E-state index contributed by atoms with van der Waals surface area (Å²) in [5.74, 6) is -0.394. The quantitative estimate of drug-likeness (QED) is 0.789. The molecule has 2 rings (SSSR count). The molecule has 0 bridgehead atoms. The zero-order valence-electron chi connectivity index (χ0n) is 10.6. The normalized spacial score (nSPS) is 23.3. The lowest BCUT2D eigenvalue weighted by molar-refractivity contribution is -0.138. The molecule has 2 atom stereocenters. The monoisotopic (exact) mass is 288 g/mol. The zero-order chi connectivity index (χ0) is 14.0. The topological polar surface area (TPSA) is 115 Å². The highest BCUT2D eigenvalue weighted by Gasteiger charge is 2.32. The van der Waals surface area contributed by atoms with Crippen LogP contribution in [0.5, 0.6) is 0 Å². The van der Waals surface area contributed by atoms with Crippen molar-refractivity contribution >= 4 is 15.8 Å². The smallest absolute Gasteiger partial charge is 0.303 e. The first kappa shape index (κ1) is 13.9. The molecule has 1 saturated heterocycles. The summed E-state index contributed by atoms with van der Waals surface area (Å²) in [5.41, 5.74) is 0. The number of nitrogens with zero attached hydrogens (tertiary/aromatic N) is 4. The molecular formula is C10H16N4O4S. The maximum Gasteiger partial charge on any atom is 0.303 e. The van der Waals surface area contributed by atoms with Gasteiger partial charge in [0.1, 0.15) is 0 Å². The van der Waals surface area contributed by atoms with Gasteiger partial charge in [-0.25, -0.2) is 13.1 Å². The van der Waals surface area contributed by atoms with Crippen LogP contribution in [0.3, 0.4) is 0 Å². The van der Waals surface area contributed by atoms with E-state index in [-0.39, 0.29) is 29.8 Å². The summed E-state index contributed by atoms with van der Waals surface area (Å²) in [6.07, 6.45) is 0.554. The molecule has 1 fully saturated rings.